The number of halogens is 1. The number of amides is 1. The lowest BCUT2D eigenvalue weighted by Gasteiger charge is -2.25. The fourth-order valence-electron chi connectivity index (χ4n) is 3.59. The van der Waals surface area contributed by atoms with Gasteiger partial charge in [-0.3, -0.25) is 14.6 Å². The molecule has 4 rings (SSSR count). The highest BCUT2D eigenvalue weighted by Gasteiger charge is 2.46. The number of likely N-dealkylation sites (tertiary alicyclic amines) is 1. The number of aliphatic hydroxyl groups excluding tert-OH is 1. The number of aryl methyl sites for hydroxylation is 1. The van der Waals surface area contributed by atoms with Crippen LogP contribution in [0.1, 0.15) is 28.3 Å². The first kappa shape index (κ1) is 19.5. The van der Waals surface area contributed by atoms with Gasteiger partial charge in [0.2, 0.25) is 0 Å². The van der Waals surface area contributed by atoms with Crippen LogP contribution in [0.5, 0.6) is 0 Å². The van der Waals surface area contributed by atoms with E-state index in [4.69, 9.17) is 0 Å². The molecule has 1 N–H and O–H groups in total. The van der Waals surface area contributed by atoms with Crippen LogP contribution in [0.3, 0.4) is 0 Å². The largest absolute Gasteiger partial charge is 0.507 e. The predicted molar refractivity (Wildman–Crippen MR) is 110 cm³/mol. The molecule has 2 aromatic carbocycles. The van der Waals surface area contributed by atoms with Crippen molar-refractivity contribution >= 4 is 17.4 Å². The molecule has 0 aliphatic carbocycles. The van der Waals surface area contributed by atoms with E-state index in [1.807, 2.05) is 37.3 Å². The zero-order chi connectivity index (χ0) is 21.3. The van der Waals surface area contributed by atoms with Gasteiger partial charge in [0.25, 0.3) is 11.7 Å². The normalized spacial score (nSPS) is 18.1. The summed E-state index contributed by atoms with van der Waals surface area (Å²) in [7, 11) is 0. The lowest BCUT2D eigenvalue weighted by molar-refractivity contribution is -0.140. The average Bonchev–Trinajstić information content (AvgIpc) is 3.00. The minimum absolute atomic E-state index is 0.0145. The molecule has 1 aliphatic heterocycles. The lowest BCUT2D eigenvalue weighted by Crippen LogP contribution is -2.29. The van der Waals surface area contributed by atoms with Crippen molar-refractivity contribution in [3.05, 3.63) is 107 Å². The molecule has 6 heteroatoms. The number of aliphatic hydroxyl groups is 1. The van der Waals surface area contributed by atoms with Crippen molar-refractivity contribution in [3.8, 4) is 0 Å². The summed E-state index contributed by atoms with van der Waals surface area (Å²) < 4.78 is 13.3. The van der Waals surface area contributed by atoms with Gasteiger partial charge in [0.15, 0.2) is 0 Å². The molecule has 1 unspecified atom stereocenters. The van der Waals surface area contributed by atoms with Crippen LogP contribution in [0.4, 0.5) is 4.39 Å². The second-order valence-electron chi connectivity index (χ2n) is 7.21. The van der Waals surface area contributed by atoms with Gasteiger partial charge in [-0.1, -0.05) is 35.9 Å². The van der Waals surface area contributed by atoms with Crippen LogP contribution in [-0.4, -0.2) is 26.7 Å². The Morgan fingerprint density at radius 3 is 2.40 bits per heavy atom. The molecular formula is C24H19FN2O3. The van der Waals surface area contributed by atoms with Gasteiger partial charge in [0, 0.05) is 24.5 Å². The Bertz CT molecular complexity index is 1120. The maximum Gasteiger partial charge on any atom is 0.295 e. The van der Waals surface area contributed by atoms with E-state index in [1.165, 1.54) is 29.2 Å². The highest BCUT2D eigenvalue weighted by Crippen LogP contribution is 2.40. The zero-order valence-corrected chi connectivity index (χ0v) is 16.2. The van der Waals surface area contributed by atoms with Crippen LogP contribution < -0.4 is 0 Å². The molecule has 1 aromatic heterocycles. The van der Waals surface area contributed by atoms with Gasteiger partial charge in [-0.05, 0) is 48.4 Å². The van der Waals surface area contributed by atoms with Crippen LogP contribution in [0.15, 0.2) is 78.6 Å². The average molecular weight is 402 g/mol. The first-order valence-electron chi connectivity index (χ1n) is 9.45. The van der Waals surface area contributed by atoms with Crippen molar-refractivity contribution < 1.29 is 19.1 Å². The highest BCUT2D eigenvalue weighted by molar-refractivity contribution is 6.46. The number of pyridine rings is 1. The van der Waals surface area contributed by atoms with Gasteiger partial charge < -0.3 is 10.0 Å². The zero-order valence-electron chi connectivity index (χ0n) is 16.2. The van der Waals surface area contributed by atoms with Crippen LogP contribution >= 0.6 is 0 Å². The van der Waals surface area contributed by atoms with E-state index < -0.39 is 23.5 Å². The Hall–Kier alpha value is -3.80. The van der Waals surface area contributed by atoms with Crippen molar-refractivity contribution in [2.45, 2.75) is 19.5 Å². The standard InChI is InChI=1S/C24H19FN2O3/c1-15-4-6-17(7-5-15)21-20(22(28)18-8-10-19(25)11-9-18)23(29)24(30)27(21)14-16-3-2-12-26-13-16/h2-13,21,28H,14H2,1H3/b22-20-. The second kappa shape index (κ2) is 7.91. The number of carbonyl (C=O) groups excluding carboxylic acids is 2. The summed E-state index contributed by atoms with van der Waals surface area (Å²) in [5.74, 6) is -2.26. The SMILES string of the molecule is Cc1ccc(C2/C(=C(/O)c3ccc(F)cc3)C(=O)C(=O)N2Cc2cccnc2)cc1. The molecule has 1 fully saturated rings. The molecule has 0 saturated carbocycles. The second-order valence-corrected chi connectivity index (χ2v) is 7.21. The number of carbonyl (C=O) groups is 2. The molecule has 1 saturated heterocycles. The summed E-state index contributed by atoms with van der Waals surface area (Å²) in [6.45, 7) is 2.10. The monoisotopic (exact) mass is 402 g/mol. The van der Waals surface area contributed by atoms with Crippen LogP contribution in [0.2, 0.25) is 0 Å². The molecule has 1 amide bonds. The van der Waals surface area contributed by atoms with Crippen molar-refractivity contribution in [1.82, 2.24) is 9.88 Å². The van der Waals surface area contributed by atoms with Crippen molar-refractivity contribution in [2.24, 2.45) is 0 Å². The quantitative estimate of drug-likeness (QED) is 0.404. The Morgan fingerprint density at radius 2 is 1.77 bits per heavy atom. The van der Waals surface area contributed by atoms with Gasteiger partial charge in [-0.15, -0.1) is 0 Å². The summed E-state index contributed by atoms with van der Waals surface area (Å²) in [6.07, 6.45) is 3.26. The Kier molecular flexibility index (Phi) is 5.14. The molecule has 1 atom stereocenters. The summed E-state index contributed by atoms with van der Waals surface area (Å²) >= 11 is 0. The molecular weight excluding hydrogens is 383 g/mol. The summed E-state index contributed by atoms with van der Waals surface area (Å²) in [5, 5.41) is 10.9. The maximum absolute atomic E-state index is 13.3. The van der Waals surface area contributed by atoms with Gasteiger partial charge in [-0.25, -0.2) is 4.39 Å². The number of ketones is 1. The highest BCUT2D eigenvalue weighted by atomic mass is 19.1. The maximum atomic E-state index is 13.3. The molecule has 1 aliphatic rings. The third-order valence-corrected chi connectivity index (χ3v) is 5.13. The van der Waals surface area contributed by atoms with E-state index in [2.05, 4.69) is 4.98 Å². The minimum Gasteiger partial charge on any atom is -0.507 e. The lowest BCUT2D eigenvalue weighted by atomic mass is 9.94. The molecule has 3 aromatic rings. The summed E-state index contributed by atoms with van der Waals surface area (Å²) in [5.41, 5.74) is 2.75. The number of hydrogen-bond acceptors (Lipinski definition) is 4. The van der Waals surface area contributed by atoms with E-state index in [0.29, 0.717) is 5.56 Å². The van der Waals surface area contributed by atoms with E-state index in [0.717, 1.165) is 11.1 Å². The number of nitrogens with zero attached hydrogens (tertiary/aromatic N) is 2. The molecule has 2 heterocycles. The number of hydrogen-bond donors (Lipinski definition) is 1. The third kappa shape index (κ3) is 3.59. The van der Waals surface area contributed by atoms with E-state index in [1.54, 1.807) is 18.5 Å². The fraction of sp³-hybridized carbons (Fsp3) is 0.125. The number of Topliss-reactive ketones (excluding diaryl/α,β-unsaturated/α-hetero) is 1. The molecule has 150 valence electrons. The van der Waals surface area contributed by atoms with Crippen LogP contribution in [0, 0.1) is 12.7 Å². The van der Waals surface area contributed by atoms with Gasteiger partial charge in [0.05, 0.1) is 11.6 Å². The van der Waals surface area contributed by atoms with Crippen molar-refractivity contribution in [3.63, 3.8) is 0 Å². The number of rotatable bonds is 4. The topological polar surface area (TPSA) is 70.5 Å². The van der Waals surface area contributed by atoms with Crippen LogP contribution in [-0.2, 0) is 16.1 Å². The van der Waals surface area contributed by atoms with E-state index >= 15 is 0 Å². The number of benzene rings is 2. The number of aromatic nitrogens is 1. The molecule has 0 bridgehead atoms. The summed E-state index contributed by atoms with van der Waals surface area (Å²) in [4.78, 5) is 31.4. The van der Waals surface area contributed by atoms with E-state index in [-0.39, 0.29) is 23.4 Å². The van der Waals surface area contributed by atoms with Crippen LogP contribution in [0.25, 0.3) is 5.76 Å². The fourth-order valence-corrected chi connectivity index (χ4v) is 3.59. The first-order chi connectivity index (χ1) is 14.5. The van der Waals surface area contributed by atoms with Gasteiger partial charge >= 0.3 is 0 Å². The first-order valence-corrected chi connectivity index (χ1v) is 9.45. The van der Waals surface area contributed by atoms with Crippen molar-refractivity contribution in [1.29, 1.82) is 0 Å². The third-order valence-electron chi connectivity index (χ3n) is 5.13. The molecule has 5 nitrogen and oxygen atoms in total. The molecule has 30 heavy (non-hydrogen) atoms. The Balaban J connectivity index is 1.85. The van der Waals surface area contributed by atoms with Gasteiger partial charge in [0.1, 0.15) is 11.6 Å². The smallest absolute Gasteiger partial charge is 0.295 e. The molecule has 0 spiro atoms. The summed E-state index contributed by atoms with van der Waals surface area (Å²) in [6, 6.07) is 15.4. The van der Waals surface area contributed by atoms with Crippen molar-refractivity contribution in [2.75, 3.05) is 0 Å². The minimum atomic E-state index is -0.772. The Morgan fingerprint density at radius 1 is 1.07 bits per heavy atom. The Labute approximate surface area is 173 Å². The van der Waals surface area contributed by atoms with E-state index in [9.17, 15) is 19.1 Å². The predicted octanol–water partition coefficient (Wildman–Crippen LogP) is 4.15. The van der Waals surface area contributed by atoms with Gasteiger partial charge in [-0.2, -0.15) is 0 Å². The molecule has 0 radical (unpaired) electrons.